The smallest absolute Gasteiger partial charge is 0.172 e. The second-order valence-corrected chi connectivity index (χ2v) is 3.13. The standard InChI is InChI=1S/C5H5.C3H7.2CO.Mo/c1-2-4-5-3-1;1-3-2;2*1-2;/h1-5H;3H,1-2H3;;;/q2*-1;;;+2. The van der Waals surface area contributed by atoms with Crippen LogP contribution in [-0.4, -0.2) is 8.53 Å². The molecule has 0 spiro atoms. The minimum atomic E-state index is -1.12. The molecule has 0 unspecified atom stereocenters. The summed E-state index contributed by atoms with van der Waals surface area (Å²) in [6.45, 7) is 4.00. The van der Waals surface area contributed by atoms with E-state index >= 15 is 0 Å². The van der Waals surface area contributed by atoms with E-state index in [0.29, 0.717) is 0 Å². The molecule has 0 aliphatic carbocycles. The maximum Gasteiger partial charge on any atom is -0.172 e. The summed E-state index contributed by atoms with van der Waals surface area (Å²) in [6.07, 6.45) is 2.00. The Hall–Kier alpha value is -0.802. The molecular formula is C10H12MoO2. The van der Waals surface area contributed by atoms with Crippen molar-refractivity contribution in [2.75, 3.05) is 0 Å². The van der Waals surface area contributed by atoms with Crippen LogP contribution in [0.5, 0.6) is 0 Å². The molecule has 0 bridgehead atoms. The van der Waals surface area contributed by atoms with Crippen molar-refractivity contribution in [3.63, 3.8) is 0 Å². The normalized spacial score (nSPS) is 5.69. The number of hydrogen-bond acceptors (Lipinski definition) is 2. The van der Waals surface area contributed by atoms with E-state index in [-0.39, 0.29) is 0 Å². The fraction of sp³-hybridized carbons (Fsp3) is 0.200. The van der Waals surface area contributed by atoms with Gasteiger partial charge >= 0.3 is 35.8 Å². The van der Waals surface area contributed by atoms with Crippen LogP contribution in [0.3, 0.4) is 0 Å². The first-order valence-corrected chi connectivity index (χ1v) is 5.64. The van der Waals surface area contributed by atoms with E-state index in [2.05, 4.69) is 0 Å². The first kappa shape index (κ1) is 14.7. The van der Waals surface area contributed by atoms with E-state index in [9.17, 15) is 0 Å². The molecule has 0 saturated carbocycles. The molecule has 1 rings (SSSR count). The summed E-state index contributed by atoms with van der Waals surface area (Å²) in [5.74, 6) is 0. The Bertz CT molecular complexity index is 232. The zero-order valence-electron chi connectivity index (χ0n) is 7.69. The first-order valence-electron chi connectivity index (χ1n) is 3.64. The van der Waals surface area contributed by atoms with Crippen LogP contribution in [0.2, 0.25) is 0 Å². The molecule has 0 aliphatic heterocycles. The Kier molecular flexibility index (Phi) is 19.6. The molecule has 0 amide bonds. The third kappa shape index (κ3) is 24.7. The van der Waals surface area contributed by atoms with Crippen LogP contribution in [0, 0.1) is 6.42 Å². The molecule has 13 heavy (non-hydrogen) atoms. The third-order valence-corrected chi connectivity index (χ3v) is 1.05. The minimum absolute atomic E-state index is 1.12. The summed E-state index contributed by atoms with van der Waals surface area (Å²) < 4.78 is 2.95. The average molecular weight is 260 g/mol. The van der Waals surface area contributed by atoms with Gasteiger partial charge < -0.3 is 6.42 Å². The van der Waals surface area contributed by atoms with Crippen LogP contribution in [0.4, 0.5) is 0 Å². The molecule has 0 aromatic heterocycles. The largest absolute Gasteiger partial charge is 0.214 e. The van der Waals surface area contributed by atoms with Gasteiger partial charge in [-0.1, -0.05) is 0 Å². The van der Waals surface area contributed by atoms with Gasteiger partial charge in [0.1, 0.15) is 0 Å². The van der Waals surface area contributed by atoms with Gasteiger partial charge in [0.05, 0.1) is 0 Å². The molecule has 0 atom stereocenters. The molecule has 1 aromatic carbocycles. The van der Waals surface area contributed by atoms with Crippen molar-refractivity contribution in [2.24, 2.45) is 0 Å². The van der Waals surface area contributed by atoms with Gasteiger partial charge in [-0.05, 0) is 0 Å². The van der Waals surface area contributed by atoms with E-state index in [0.717, 1.165) is 0 Å². The van der Waals surface area contributed by atoms with Gasteiger partial charge in [-0.15, -0.1) is 0 Å². The maximum absolute atomic E-state index is 9.08. The van der Waals surface area contributed by atoms with Gasteiger partial charge in [-0.25, -0.2) is 12.1 Å². The average Bonchev–Trinajstić information content (AvgIpc) is 2.64. The molecule has 0 heterocycles. The van der Waals surface area contributed by atoms with E-state index in [4.69, 9.17) is 9.59 Å². The zero-order chi connectivity index (χ0) is 10.4. The maximum atomic E-state index is 9.08. The van der Waals surface area contributed by atoms with Crippen molar-refractivity contribution in [3.8, 4) is 0 Å². The predicted molar refractivity (Wildman–Crippen MR) is 49.1 cm³/mol. The van der Waals surface area contributed by atoms with Crippen molar-refractivity contribution in [1.82, 2.24) is 0 Å². The van der Waals surface area contributed by atoms with E-state index in [1.165, 1.54) is 8.53 Å². The SMILES string of the molecule is C[CH-]C.O=[C]=[Mo+2]=[C]=O.c1cc[cH-]c1. The van der Waals surface area contributed by atoms with Crippen LogP contribution in [0.1, 0.15) is 13.8 Å². The second-order valence-electron chi connectivity index (χ2n) is 1.81. The molecule has 2 nitrogen and oxygen atoms in total. The topological polar surface area (TPSA) is 34.1 Å². The summed E-state index contributed by atoms with van der Waals surface area (Å²) >= 11 is -1.12. The number of hydrogen-bond donors (Lipinski definition) is 0. The monoisotopic (exact) mass is 262 g/mol. The first-order chi connectivity index (χ1) is 6.33. The molecule has 0 radical (unpaired) electrons. The molecule has 70 valence electrons. The Morgan fingerprint density at radius 2 is 1.54 bits per heavy atom. The Labute approximate surface area is 86.5 Å². The van der Waals surface area contributed by atoms with Crippen LogP contribution in [-0.2, 0) is 27.2 Å². The molecular weight excluding hydrogens is 248 g/mol. The van der Waals surface area contributed by atoms with E-state index < -0.39 is 17.6 Å². The van der Waals surface area contributed by atoms with Gasteiger partial charge in [-0.2, -0.15) is 32.0 Å². The molecule has 0 aliphatic rings. The summed E-state index contributed by atoms with van der Waals surface area (Å²) in [5.41, 5.74) is 0. The molecule has 3 heteroatoms. The quantitative estimate of drug-likeness (QED) is 0.527. The zero-order valence-corrected chi connectivity index (χ0v) is 9.70. The van der Waals surface area contributed by atoms with Crippen LogP contribution in [0.15, 0.2) is 30.3 Å². The Balaban J connectivity index is 0. The second kappa shape index (κ2) is 17.3. The van der Waals surface area contributed by atoms with E-state index in [1.807, 2.05) is 50.6 Å². The molecule has 0 saturated heterocycles. The van der Waals surface area contributed by atoms with Crippen molar-refractivity contribution in [1.29, 1.82) is 0 Å². The number of rotatable bonds is 0. The fourth-order valence-electron chi connectivity index (χ4n) is 0.338. The minimum Gasteiger partial charge on any atom is -0.214 e. The summed E-state index contributed by atoms with van der Waals surface area (Å²) in [5, 5.41) is 0. The van der Waals surface area contributed by atoms with Crippen molar-refractivity contribution >= 4 is 8.53 Å². The Morgan fingerprint density at radius 1 is 1.15 bits per heavy atom. The summed E-state index contributed by atoms with van der Waals surface area (Å²) in [4.78, 5) is 18.2. The van der Waals surface area contributed by atoms with Crippen molar-refractivity contribution in [2.45, 2.75) is 13.8 Å². The van der Waals surface area contributed by atoms with Crippen molar-refractivity contribution < 1.29 is 27.2 Å². The summed E-state index contributed by atoms with van der Waals surface area (Å²) in [7, 11) is 0. The number of carbonyl (C=O) groups excluding carboxylic acids is 2. The molecule has 0 fully saturated rings. The van der Waals surface area contributed by atoms with Gasteiger partial charge in [0.2, 0.25) is 0 Å². The summed E-state index contributed by atoms with van der Waals surface area (Å²) in [6, 6.07) is 10.0. The Morgan fingerprint density at radius 3 is 1.62 bits per heavy atom. The third-order valence-electron chi connectivity index (χ3n) is 0.639. The van der Waals surface area contributed by atoms with Gasteiger partial charge in [-0.3, -0.25) is 0 Å². The predicted octanol–water partition coefficient (Wildman–Crippen LogP) is 1.84. The van der Waals surface area contributed by atoms with Crippen LogP contribution < -0.4 is 0 Å². The van der Waals surface area contributed by atoms with Gasteiger partial charge in [0.25, 0.3) is 0 Å². The molecule has 1 aromatic rings. The van der Waals surface area contributed by atoms with Crippen molar-refractivity contribution in [3.05, 3.63) is 36.8 Å². The van der Waals surface area contributed by atoms with Crippen LogP contribution in [0.25, 0.3) is 0 Å². The van der Waals surface area contributed by atoms with Gasteiger partial charge in [0.15, 0.2) is 0 Å². The van der Waals surface area contributed by atoms with Crippen LogP contribution >= 0.6 is 0 Å². The molecule has 0 N–H and O–H groups in total. The van der Waals surface area contributed by atoms with E-state index in [1.54, 1.807) is 0 Å². The van der Waals surface area contributed by atoms with Gasteiger partial charge in [0, 0.05) is 0 Å². The fourth-order valence-corrected chi connectivity index (χ4v) is 0.421.